The molecule has 1 aliphatic carbocycles. The molecule has 0 saturated heterocycles. The summed E-state index contributed by atoms with van der Waals surface area (Å²) in [4.78, 5) is 17.8. The molecule has 1 aliphatic rings. The van der Waals surface area contributed by atoms with Gasteiger partial charge in [0.25, 0.3) is 5.91 Å². The summed E-state index contributed by atoms with van der Waals surface area (Å²) in [6.07, 6.45) is 4.17. The highest BCUT2D eigenvalue weighted by Crippen LogP contribution is 2.23. The van der Waals surface area contributed by atoms with Crippen LogP contribution in [0.3, 0.4) is 0 Å². The van der Waals surface area contributed by atoms with Gasteiger partial charge < -0.3 is 15.1 Å². The highest BCUT2D eigenvalue weighted by Gasteiger charge is 2.26. The lowest BCUT2D eigenvalue weighted by Gasteiger charge is -2.32. The summed E-state index contributed by atoms with van der Waals surface area (Å²) in [7, 11) is 1.76. The van der Waals surface area contributed by atoms with Crippen molar-refractivity contribution in [2.75, 3.05) is 7.05 Å². The van der Waals surface area contributed by atoms with Crippen LogP contribution in [0.1, 0.15) is 36.2 Å². The maximum Gasteiger partial charge on any atom is 0.272 e. The lowest BCUT2D eigenvalue weighted by atomic mass is 9.92. The minimum absolute atomic E-state index is 0.0509. The van der Waals surface area contributed by atoms with E-state index in [0.29, 0.717) is 5.69 Å². The first kappa shape index (κ1) is 12.8. The predicted octanol–water partition coefficient (Wildman–Crippen LogP) is 1.16. The highest BCUT2D eigenvalue weighted by atomic mass is 16.3. The Labute approximate surface area is 106 Å². The van der Waals surface area contributed by atoms with Crippen LogP contribution in [0.2, 0.25) is 0 Å². The van der Waals surface area contributed by atoms with Crippen LogP contribution in [-0.4, -0.2) is 45.2 Å². The number of rotatable bonds is 2. The van der Waals surface area contributed by atoms with Crippen molar-refractivity contribution in [1.82, 2.24) is 9.88 Å². The Morgan fingerprint density at radius 3 is 2.56 bits per heavy atom. The summed E-state index contributed by atoms with van der Waals surface area (Å²) < 4.78 is 0. The Bertz CT molecular complexity index is 411. The zero-order valence-corrected chi connectivity index (χ0v) is 10.4. The van der Waals surface area contributed by atoms with Gasteiger partial charge in [-0.1, -0.05) is 0 Å². The van der Waals surface area contributed by atoms with E-state index < -0.39 is 0 Å². The summed E-state index contributed by atoms with van der Waals surface area (Å²) >= 11 is 0. The first-order chi connectivity index (χ1) is 8.58. The van der Waals surface area contributed by atoms with E-state index in [-0.39, 0.29) is 23.8 Å². The molecule has 1 aromatic rings. The van der Waals surface area contributed by atoms with E-state index in [9.17, 15) is 9.90 Å². The van der Waals surface area contributed by atoms with Crippen molar-refractivity contribution in [1.29, 1.82) is 0 Å². The van der Waals surface area contributed by atoms with Crippen LogP contribution in [0.4, 0.5) is 0 Å². The van der Waals surface area contributed by atoms with E-state index in [1.165, 1.54) is 18.3 Å². The fourth-order valence-corrected chi connectivity index (χ4v) is 2.30. The van der Waals surface area contributed by atoms with E-state index in [4.69, 9.17) is 5.11 Å². The largest absolute Gasteiger partial charge is 0.506 e. The van der Waals surface area contributed by atoms with E-state index >= 15 is 0 Å². The summed E-state index contributed by atoms with van der Waals surface area (Å²) in [5, 5.41) is 18.6. The van der Waals surface area contributed by atoms with Gasteiger partial charge in [-0.3, -0.25) is 4.79 Å². The van der Waals surface area contributed by atoms with E-state index in [2.05, 4.69) is 4.98 Å². The van der Waals surface area contributed by atoms with Crippen molar-refractivity contribution >= 4 is 5.91 Å². The molecule has 0 aromatic carbocycles. The fraction of sp³-hybridized carbons (Fsp3) is 0.538. The molecule has 0 radical (unpaired) electrons. The number of aliphatic hydroxyl groups excluding tert-OH is 1. The van der Waals surface area contributed by atoms with Crippen molar-refractivity contribution in [2.24, 2.45) is 0 Å². The van der Waals surface area contributed by atoms with Crippen LogP contribution in [0, 0.1) is 0 Å². The van der Waals surface area contributed by atoms with E-state index in [0.717, 1.165) is 25.7 Å². The minimum Gasteiger partial charge on any atom is -0.506 e. The number of carbonyl (C=O) groups excluding carboxylic acids is 1. The molecule has 18 heavy (non-hydrogen) atoms. The van der Waals surface area contributed by atoms with Gasteiger partial charge in [0.2, 0.25) is 0 Å². The van der Waals surface area contributed by atoms with Crippen LogP contribution >= 0.6 is 0 Å². The smallest absolute Gasteiger partial charge is 0.272 e. The Morgan fingerprint density at radius 2 is 2.00 bits per heavy atom. The van der Waals surface area contributed by atoms with Crippen LogP contribution in [0.15, 0.2) is 18.3 Å². The molecule has 0 spiro atoms. The summed E-state index contributed by atoms with van der Waals surface area (Å²) in [6, 6.07) is 3.14. The molecular formula is C13H18N2O3. The summed E-state index contributed by atoms with van der Waals surface area (Å²) in [6.45, 7) is 0. The maximum absolute atomic E-state index is 12.2. The number of amides is 1. The zero-order chi connectivity index (χ0) is 13.1. The number of aromatic hydroxyl groups is 1. The average Bonchev–Trinajstić information content (AvgIpc) is 2.39. The third-order valence-electron chi connectivity index (χ3n) is 3.50. The van der Waals surface area contributed by atoms with E-state index in [1.807, 2.05) is 0 Å². The van der Waals surface area contributed by atoms with Gasteiger partial charge in [-0.25, -0.2) is 4.98 Å². The topological polar surface area (TPSA) is 73.7 Å². The molecule has 5 nitrogen and oxygen atoms in total. The van der Waals surface area contributed by atoms with Gasteiger partial charge in [-0.05, 0) is 37.8 Å². The van der Waals surface area contributed by atoms with Crippen molar-refractivity contribution in [3.63, 3.8) is 0 Å². The zero-order valence-electron chi connectivity index (χ0n) is 10.4. The SMILES string of the molecule is CN(C(=O)c1ccc(O)cn1)C1CCC(O)CC1. The molecule has 1 fully saturated rings. The number of carbonyl (C=O) groups is 1. The van der Waals surface area contributed by atoms with Gasteiger partial charge in [-0.15, -0.1) is 0 Å². The van der Waals surface area contributed by atoms with Gasteiger partial charge in [0.1, 0.15) is 11.4 Å². The quantitative estimate of drug-likeness (QED) is 0.826. The summed E-state index contributed by atoms with van der Waals surface area (Å²) in [5.41, 5.74) is 0.335. The molecule has 1 saturated carbocycles. The Balaban J connectivity index is 2.02. The standard InChI is InChI=1S/C13H18N2O3/c1-15(9-2-4-10(16)5-3-9)13(18)12-7-6-11(17)8-14-12/h6-10,16-17H,2-5H2,1H3. The first-order valence-corrected chi connectivity index (χ1v) is 6.18. The lowest BCUT2D eigenvalue weighted by molar-refractivity contribution is 0.0564. The molecule has 0 unspecified atom stereocenters. The third-order valence-corrected chi connectivity index (χ3v) is 3.50. The maximum atomic E-state index is 12.2. The van der Waals surface area contributed by atoms with Crippen LogP contribution in [0.5, 0.6) is 5.75 Å². The van der Waals surface area contributed by atoms with Crippen molar-refractivity contribution < 1.29 is 15.0 Å². The van der Waals surface area contributed by atoms with Crippen molar-refractivity contribution in [2.45, 2.75) is 37.8 Å². The Hall–Kier alpha value is -1.62. The van der Waals surface area contributed by atoms with Crippen molar-refractivity contribution in [3.05, 3.63) is 24.0 Å². The normalized spacial score (nSPS) is 23.7. The third kappa shape index (κ3) is 2.79. The molecule has 98 valence electrons. The molecular weight excluding hydrogens is 232 g/mol. The van der Waals surface area contributed by atoms with Gasteiger partial charge in [-0.2, -0.15) is 0 Å². The minimum atomic E-state index is -0.225. The molecule has 1 heterocycles. The average molecular weight is 250 g/mol. The van der Waals surface area contributed by atoms with Gasteiger partial charge in [0.05, 0.1) is 12.3 Å². The summed E-state index contributed by atoms with van der Waals surface area (Å²) in [5.74, 6) is -0.0913. The second kappa shape index (κ2) is 5.35. The molecule has 0 atom stereocenters. The molecule has 5 heteroatoms. The lowest BCUT2D eigenvalue weighted by Crippen LogP contribution is -2.40. The number of pyridine rings is 1. The fourth-order valence-electron chi connectivity index (χ4n) is 2.30. The van der Waals surface area contributed by atoms with Crippen LogP contribution < -0.4 is 0 Å². The molecule has 2 N–H and O–H groups in total. The van der Waals surface area contributed by atoms with Crippen LogP contribution in [-0.2, 0) is 0 Å². The van der Waals surface area contributed by atoms with Crippen LogP contribution in [0.25, 0.3) is 0 Å². The number of nitrogens with zero attached hydrogens (tertiary/aromatic N) is 2. The first-order valence-electron chi connectivity index (χ1n) is 6.18. The molecule has 2 rings (SSSR count). The number of hydrogen-bond donors (Lipinski definition) is 2. The van der Waals surface area contributed by atoms with Gasteiger partial charge in [0, 0.05) is 13.1 Å². The Morgan fingerprint density at radius 1 is 1.33 bits per heavy atom. The predicted molar refractivity (Wildman–Crippen MR) is 66.3 cm³/mol. The van der Waals surface area contributed by atoms with Crippen molar-refractivity contribution in [3.8, 4) is 5.75 Å². The highest BCUT2D eigenvalue weighted by molar-refractivity contribution is 5.92. The monoisotopic (exact) mass is 250 g/mol. The number of aromatic nitrogens is 1. The number of hydrogen-bond acceptors (Lipinski definition) is 4. The molecule has 1 amide bonds. The molecule has 1 aromatic heterocycles. The second-order valence-electron chi connectivity index (χ2n) is 4.78. The van der Waals surface area contributed by atoms with E-state index in [1.54, 1.807) is 11.9 Å². The van der Waals surface area contributed by atoms with Gasteiger partial charge in [0.15, 0.2) is 0 Å². The number of aliphatic hydroxyl groups is 1. The Kier molecular flexibility index (Phi) is 3.81. The molecule has 0 bridgehead atoms. The molecule has 0 aliphatic heterocycles. The van der Waals surface area contributed by atoms with Gasteiger partial charge >= 0.3 is 0 Å². The second-order valence-corrected chi connectivity index (χ2v) is 4.78.